The fraction of sp³-hybridized carbons (Fsp3) is 0.154. The van der Waals surface area contributed by atoms with Crippen molar-refractivity contribution in [3.63, 3.8) is 0 Å². The molecule has 2 aromatic rings. The Labute approximate surface area is 133 Å². The van der Waals surface area contributed by atoms with Crippen LogP contribution in [0.4, 0.5) is 5.13 Å². The highest BCUT2D eigenvalue weighted by atomic mass is 79.9. The summed E-state index contributed by atoms with van der Waals surface area (Å²) in [6.07, 6.45) is 1.57. The van der Waals surface area contributed by atoms with Crippen LogP contribution in [0, 0.1) is 0 Å². The van der Waals surface area contributed by atoms with Crippen molar-refractivity contribution in [1.29, 1.82) is 0 Å². The number of nitrogens with zero attached hydrogens (tertiary/aromatic N) is 1. The SMILES string of the molecule is COc1cccc(C(=O)OCC(=O)Nc2ncc(Br)s2)c1. The van der Waals surface area contributed by atoms with Gasteiger partial charge < -0.3 is 9.47 Å². The molecule has 1 aromatic heterocycles. The van der Waals surface area contributed by atoms with Crippen LogP contribution >= 0.6 is 27.3 Å². The van der Waals surface area contributed by atoms with E-state index in [1.807, 2.05) is 0 Å². The van der Waals surface area contributed by atoms with Gasteiger partial charge in [0.05, 0.1) is 22.7 Å². The fourth-order valence-electron chi connectivity index (χ4n) is 1.43. The molecule has 0 saturated heterocycles. The first-order valence-electron chi connectivity index (χ1n) is 5.81. The van der Waals surface area contributed by atoms with Gasteiger partial charge in [-0.1, -0.05) is 17.4 Å². The monoisotopic (exact) mass is 370 g/mol. The molecule has 0 unspecified atom stereocenters. The van der Waals surface area contributed by atoms with Crippen LogP contribution in [0.5, 0.6) is 5.75 Å². The summed E-state index contributed by atoms with van der Waals surface area (Å²) in [6.45, 7) is -0.382. The van der Waals surface area contributed by atoms with Gasteiger partial charge in [-0.3, -0.25) is 10.1 Å². The molecule has 0 saturated carbocycles. The van der Waals surface area contributed by atoms with Gasteiger partial charge in [0.25, 0.3) is 5.91 Å². The Morgan fingerprint density at radius 2 is 2.24 bits per heavy atom. The number of benzene rings is 1. The molecule has 0 radical (unpaired) electrons. The molecule has 0 bridgehead atoms. The van der Waals surface area contributed by atoms with Crippen LogP contribution in [-0.2, 0) is 9.53 Å². The summed E-state index contributed by atoms with van der Waals surface area (Å²) >= 11 is 4.50. The number of thiazole rings is 1. The van der Waals surface area contributed by atoms with Crippen LogP contribution in [-0.4, -0.2) is 30.6 Å². The zero-order valence-electron chi connectivity index (χ0n) is 11.0. The smallest absolute Gasteiger partial charge is 0.338 e. The van der Waals surface area contributed by atoms with Crippen molar-refractivity contribution in [3.8, 4) is 5.75 Å². The van der Waals surface area contributed by atoms with Crippen molar-refractivity contribution in [1.82, 2.24) is 4.98 Å². The molecule has 0 aliphatic carbocycles. The molecule has 0 aliphatic heterocycles. The summed E-state index contributed by atoms with van der Waals surface area (Å²) in [7, 11) is 1.50. The molecule has 1 N–H and O–H groups in total. The van der Waals surface area contributed by atoms with Crippen molar-refractivity contribution >= 4 is 44.3 Å². The third-order valence-electron chi connectivity index (χ3n) is 2.36. The number of ether oxygens (including phenoxy) is 2. The Morgan fingerprint density at radius 3 is 2.90 bits per heavy atom. The number of hydrogen-bond acceptors (Lipinski definition) is 6. The first kappa shape index (κ1) is 15.5. The lowest BCUT2D eigenvalue weighted by atomic mass is 10.2. The Hall–Kier alpha value is -1.93. The van der Waals surface area contributed by atoms with Gasteiger partial charge in [0, 0.05) is 0 Å². The number of aromatic nitrogens is 1. The van der Waals surface area contributed by atoms with Crippen LogP contribution in [0.2, 0.25) is 0 Å². The number of hydrogen-bond donors (Lipinski definition) is 1. The summed E-state index contributed by atoms with van der Waals surface area (Å²) in [5.74, 6) is -0.501. The van der Waals surface area contributed by atoms with Crippen LogP contribution in [0.15, 0.2) is 34.2 Å². The molecule has 1 amide bonds. The lowest BCUT2D eigenvalue weighted by molar-refractivity contribution is -0.119. The van der Waals surface area contributed by atoms with Crippen LogP contribution in [0.3, 0.4) is 0 Å². The number of rotatable bonds is 5. The second kappa shape index (κ2) is 7.19. The van der Waals surface area contributed by atoms with Crippen molar-refractivity contribution in [3.05, 3.63) is 39.8 Å². The number of anilines is 1. The average Bonchev–Trinajstić information content (AvgIpc) is 2.90. The van der Waals surface area contributed by atoms with Crippen LogP contribution in [0.1, 0.15) is 10.4 Å². The van der Waals surface area contributed by atoms with E-state index in [-0.39, 0.29) is 6.61 Å². The third kappa shape index (κ3) is 4.54. The van der Waals surface area contributed by atoms with Crippen LogP contribution in [0.25, 0.3) is 0 Å². The van der Waals surface area contributed by atoms with Gasteiger partial charge in [0.15, 0.2) is 11.7 Å². The molecule has 8 heteroatoms. The van der Waals surface area contributed by atoms with Gasteiger partial charge in [-0.05, 0) is 34.1 Å². The zero-order valence-corrected chi connectivity index (χ0v) is 13.4. The normalized spacial score (nSPS) is 10.0. The minimum Gasteiger partial charge on any atom is -0.497 e. The summed E-state index contributed by atoms with van der Waals surface area (Å²) in [5.41, 5.74) is 0.319. The van der Waals surface area contributed by atoms with Crippen molar-refractivity contribution < 1.29 is 19.1 Å². The predicted octanol–water partition coefficient (Wildman–Crippen LogP) is 2.71. The summed E-state index contributed by atoms with van der Waals surface area (Å²) in [6, 6.07) is 6.51. The number of methoxy groups -OCH3 is 1. The number of esters is 1. The number of amides is 1. The van der Waals surface area contributed by atoms with E-state index in [2.05, 4.69) is 26.2 Å². The van der Waals surface area contributed by atoms with Gasteiger partial charge in [0.1, 0.15) is 5.75 Å². The zero-order chi connectivity index (χ0) is 15.2. The quantitative estimate of drug-likeness (QED) is 0.818. The number of carbonyl (C=O) groups is 2. The van der Waals surface area contributed by atoms with Crippen LogP contribution < -0.4 is 10.1 Å². The van der Waals surface area contributed by atoms with E-state index in [4.69, 9.17) is 9.47 Å². The molecule has 1 heterocycles. The molecule has 2 rings (SSSR count). The fourth-order valence-corrected chi connectivity index (χ4v) is 2.55. The molecule has 21 heavy (non-hydrogen) atoms. The van der Waals surface area contributed by atoms with Crippen molar-refractivity contribution in [2.75, 3.05) is 19.0 Å². The standard InChI is InChI=1S/C13H11BrN2O4S/c1-19-9-4-2-3-8(5-9)12(18)20-7-11(17)16-13-15-6-10(14)21-13/h2-6H,7H2,1H3,(H,15,16,17). The number of carbonyl (C=O) groups excluding carboxylic acids is 2. The van der Waals surface area contributed by atoms with Gasteiger partial charge in [-0.15, -0.1) is 0 Å². The van der Waals surface area contributed by atoms with E-state index >= 15 is 0 Å². The minimum absolute atomic E-state index is 0.319. The van der Waals surface area contributed by atoms with Gasteiger partial charge in [-0.2, -0.15) is 0 Å². The Kier molecular flexibility index (Phi) is 5.29. The van der Waals surface area contributed by atoms with E-state index in [1.54, 1.807) is 24.4 Å². The molecular formula is C13H11BrN2O4S. The Bertz CT molecular complexity index is 659. The number of nitrogens with one attached hydrogen (secondary N) is 1. The van der Waals surface area contributed by atoms with E-state index in [0.29, 0.717) is 16.4 Å². The first-order chi connectivity index (χ1) is 10.1. The summed E-state index contributed by atoms with van der Waals surface area (Å²) in [5, 5.41) is 2.96. The second-order valence-corrected chi connectivity index (χ2v) is 6.24. The number of halogens is 1. The molecular weight excluding hydrogens is 360 g/mol. The second-order valence-electron chi connectivity index (χ2n) is 3.83. The maximum atomic E-state index is 11.8. The lowest BCUT2D eigenvalue weighted by Gasteiger charge is -2.06. The highest BCUT2D eigenvalue weighted by Crippen LogP contribution is 2.22. The van der Waals surface area contributed by atoms with E-state index in [9.17, 15) is 9.59 Å². The van der Waals surface area contributed by atoms with Crippen molar-refractivity contribution in [2.45, 2.75) is 0 Å². The highest BCUT2D eigenvalue weighted by molar-refractivity contribution is 9.11. The maximum absolute atomic E-state index is 11.8. The predicted molar refractivity (Wildman–Crippen MR) is 81.7 cm³/mol. The van der Waals surface area contributed by atoms with Crippen molar-refractivity contribution in [2.24, 2.45) is 0 Å². The largest absolute Gasteiger partial charge is 0.497 e. The van der Waals surface area contributed by atoms with Gasteiger partial charge in [0.2, 0.25) is 0 Å². The van der Waals surface area contributed by atoms with E-state index in [1.165, 1.54) is 24.5 Å². The van der Waals surface area contributed by atoms with E-state index in [0.717, 1.165) is 3.79 Å². The topological polar surface area (TPSA) is 77.5 Å². The average molecular weight is 371 g/mol. The Morgan fingerprint density at radius 1 is 1.43 bits per heavy atom. The van der Waals surface area contributed by atoms with Gasteiger partial charge in [-0.25, -0.2) is 9.78 Å². The maximum Gasteiger partial charge on any atom is 0.338 e. The Balaban J connectivity index is 1.87. The minimum atomic E-state index is -0.593. The molecule has 6 nitrogen and oxygen atoms in total. The molecule has 1 aromatic carbocycles. The third-order valence-corrected chi connectivity index (χ3v) is 3.76. The first-order valence-corrected chi connectivity index (χ1v) is 7.42. The molecule has 0 fully saturated rings. The highest BCUT2D eigenvalue weighted by Gasteiger charge is 2.12. The van der Waals surface area contributed by atoms with E-state index < -0.39 is 11.9 Å². The lowest BCUT2D eigenvalue weighted by Crippen LogP contribution is -2.20. The molecule has 110 valence electrons. The van der Waals surface area contributed by atoms with Gasteiger partial charge >= 0.3 is 5.97 Å². The summed E-state index contributed by atoms with van der Waals surface area (Å²) < 4.78 is 10.7. The molecule has 0 aliphatic rings. The summed E-state index contributed by atoms with van der Waals surface area (Å²) in [4.78, 5) is 27.4. The molecule has 0 spiro atoms. The molecule has 0 atom stereocenters.